The average Bonchev–Trinajstić information content (AvgIpc) is 2.33. The fraction of sp³-hybridized carbons (Fsp3) is 0.917. The third-order valence-electron chi connectivity index (χ3n) is 3.58. The Labute approximate surface area is 97.3 Å². The van der Waals surface area contributed by atoms with Gasteiger partial charge in [0.25, 0.3) is 0 Å². The molecule has 0 amide bonds. The van der Waals surface area contributed by atoms with Crippen LogP contribution >= 0.6 is 0 Å². The predicted molar refractivity (Wildman–Crippen MR) is 62.2 cm³/mol. The third kappa shape index (κ3) is 3.19. The van der Waals surface area contributed by atoms with Gasteiger partial charge in [-0.2, -0.15) is 0 Å². The second-order valence-corrected chi connectivity index (χ2v) is 4.98. The SMILES string of the molecule is CN1CCC(OC(=O)[C@H]2CCCNC2)CC1. The van der Waals surface area contributed by atoms with Gasteiger partial charge in [0.2, 0.25) is 0 Å². The van der Waals surface area contributed by atoms with Crippen LogP contribution in [0.5, 0.6) is 0 Å². The first-order valence-electron chi connectivity index (χ1n) is 6.35. The number of nitrogens with one attached hydrogen (secondary N) is 1. The molecule has 0 bridgehead atoms. The van der Waals surface area contributed by atoms with Crippen molar-refractivity contribution in [2.75, 3.05) is 33.2 Å². The molecule has 4 heteroatoms. The van der Waals surface area contributed by atoms with E-state index in [1.54, 1.807) is 0 Å². The normalized spacial score (nSPS) is 28.9. The fourth-order valence-electron chi connectivity index (χ4n) is 2.42. The molecule has 0 radical (unpaired) electrons. The molecule has 0 saturated carbocycles. The number of ether oxygens (including phenoxy) is 1. The van der Waals surface area contributed by atoms with Crippen molar-refractivity contribution in [3.8, 4) is 0 Å². The van der Waals surface area contributed by atoms with E-state index >= 15 is 0 Å². The Kier molecular flexibility index (Phi) is 4.18. The zero-order chi connectivity index (χ0) is 11.4. The highest BCUT2D eigenvalue weighted by molar-refractivity contribution is 5.73. The van der Waals surface area contributed by atoms with Gasteiger partial charge in [0, 0.05) is 19.6 Å². The molecule has 92 valence electrons. The van der Waals surface area contributed by atoms with Crippen molar-refractivity contribution < 1.29 is 9.53 Å². The minimum absolute atomic E-state index is 0.0155. The van der Waals surface area contributed by atoms with E-state index in [0.29, 0.717) is 0 Å². The highest BCUT2D eigenvalue weighted by Gasteiger charge is 2.26. The summed E-state index contributed by atoms with van der Waals surface area (Å²) in [6, 6.07) is 0. The lowest BCUT2D eigenvalue weighted by Gasteiger charge is -2.30. The van der Waals surface area contributed by atoms with Gasteiger partial charge in [-0.25, -0.2) is 0 Å². The molecule has 2 aliphatic heterocycles. The summed E-state index contributed by atoms with van der Waals surface area (Å²) in [5, 5.41) is 3.25. The highest BCUT2D eigenvalue weighted by Crippen LogP contribution is 2.17. The molecule has 0 aromatic heterocycles. The van der Waals surface area contributed by atoms with Gasteiger partial charge in [0.15, 0.2) is 0 Å². The molecular formula is C12H22N2O2. The van der Waals surface area contributed by atoms with Crippen LogP contribution in [0.3, 0.4) is 0 Å². The molecule has 0 aromatic carbocycles. The first kappa shape index (κ1) is 11.9. The fourth-order valence-corrected chi connectivity index (χ4v) is 2.42. The van der Waals surface area contributed by atoms with Crippen molar-refractivity contribution >= 4 is 5.97 Å². The summed E-state index contributed by atoms with van der Waals surface area (Å²) in [5.41, 5.74) is 0. The van der Waals surface area contributed by atoms with E-state index in [-0.39, 0.29) is 18.0 Å². The lowest BCUT2D eigenvalue weighted by Crippen LogP contribution is -2.39. The van der Waals surface area contributed by atoms with Crippen LogP contribution in [0.4, 0.5) is 0 Å². The lowest BCUT2D eigenvalue weighted by molar-refractivity contribution is -0.156. The predicted octanol–water partition coefficient (Wildman–Crippen LogP) is 0.623. The van der Waals surface area contributed by atoms with Gasteiger partial charge in [-0.15, -0.1) is 0 Å². The number of piperidine rings is 2. The Balaban J connectivity index is 1.73. The molecule has 0 spiro atoms. The summed E-state index contributed by atoms with van der Waals surface area (Å²) in [4.78, 5) is 14.2. The van der Waals surface area contributed by atoms with Crippen LogP contribution in [0.2, 0.25) is 0 Å². The summed E-state index contributed by atoms with van der Waals surface area (Å²) in [6.07, 6.45) is 4.21. The van der Waals surface area contributed by atoms with Crippen molar-refractivity contribution in [2.45, 2.75) is 31.8 Å². The number of hydrogen-bond donors (Lipinski definition) is 1. The molecule has 2 rings (SSSR count). The number of nitrogens with zero attached hydrogens (tertiary/aromatic N) is 1. The summed E-state index contributed by atoms with van der Waals surface area (Å²) in [5.74, 6) is 0.107. The first-order chi connectivity index (χ1) is 7.75. The molecule has 4 nitrogen and oxygen atoms in total. The van der Waals surface area contributed by atoms with Crippen LogP contribution in [-0.4, -0.2) is 50.2 Å². The van der Waals surface area contributed by atoms with Crippen LogP contribution in [0.15, 0.2) is 0 Å². The molecular weight excluding hydrogens is 204 g/mol. The van der Waals surface area contributed by atoms with Crippen molar-refractivity contribution in [3.05, 3.63) is 0 Å². The monoisotopic (exact) mass is 226 g/mol. The Bertz CT molecular complexity index is 231. The van der Waals surface area contributed by atoms with Crippen LogP contribution in [0.1, 0.15) is 25.7 Å². The minimum atomic E-state index is 0.0155. The number of rotatable bonds is 2. The standard InChI is InChI=1S/C12H22N2O2/c1-14-7-4-11(5-8-14)16-12(15)10-3-2-6-13-9-10/h10-11,13H,2-9H2,1H3/t10-/m0/s1. The molecule has 16 heavy (non-hydrogen) atoms. The second kappa shape index (κ2) is 5.64. The smallest absolute Gasteiger partial charge is 0.310 e. The molecule has 1 N–H and O–H groups in total. The average molecular weight is 226 g/mol. The van der Waals surface area contributed by atoms with Crippen molar-refractivity contribution in [1.29, 1.82) is 0 Å². The van der Waals surface area contributed by atoms with Crippen LogP contribution < -0.4 is 5.32 Å². The molecule has 0 unspecified atom stereocenters. The molecule has 2 aliphatic rings. The summed E-state index contributed by atoms with van der Waals surface area (Å²) in [6.45, 7) is 3.92. The van der Waals surface area contributed by atoms with Gasteiger partial charge >= 0.3 is 5.97 Å². The van der Waals surface area contributed by atoms with Crippen LogP contribution in [0.25, 0.3) is 0 Å². The number of likely N-dealkylation sites (tertiary alicyclic amines) is 1. The molecule has 0 aliphatic carbocycles. The maximum atomic E-state index is 11.9. The zero-order valence-electron chi connectivity index (χ0n) is 10.1. The van der Waals surface area contributed by atoms with E-state index < -0.39 is 0 Å². The number of carbonyl (C=O) groups is 1. The highest BCUT2D eigenvalue weighted by atomic mass is 16.5. The molecule has 0 aromatic rings. The summed E-state index contributed by atoms with van der Waals surface area (Å²) >= 11 is 0. The first-order valence-corrected chi connectivity index (χ1v) is 6.35. The van der Waals surface area contributed by atoms with Crippen molar-refractivity contribution in [2.24, 2.45) is 5.92 Å². The van der Waals surface area contributed by atoms with Crippen molar-refractivity contribution in [3.63, 3.8) is 0 Å². The summed E-state index contributed by atoms with van der Waals surface area (Å²) in [7, 11) is 2.11. The van der Waals surface area contributed by atoms with E-state index in [2.05, 4.69) is 17.3 Å². The summed E-state index contributed by atoms with van der Waals surface area (Å²) < 4.78 is 5.57. The molecule has 2 heterocycles. The topological polar surface area (TPSA) is 41.6 Å². The van der Waals surface area contributed by atoms with Gasteiger partial charge in [0.1, 0.15) is 6.10 Å². The van der Waals surface area contributed by atoms with E-state index in [4.69, 9.17) is 4.74 Å². The number of hydrogen-bond acceptors (Lipinski definition) is 4. The number of esters is 1. The Morgan fingerprint density at radius 3 is 2.69 bits per heavy atom. The Hall–Kier alpha value is -0.610. The second-order valence-electron chi connectivity index (χ2n) is 4.98. The van der Waals surface area contributed by atoms with Gasteiger partial charge in [-0.05, 0) is 39.3 Å². The van der Waals surface area contributed by atoms with Gasteiger partial charge in [0.05, 0.1) is 5.92 Å². The Morgan fingerprint density at radius 2 is 2.06 bits per heavy atom. The van der Waals surface area contributed by atoms with E-state index in [0.717, 1.165) is 51.9 Å². The van der Waals surface area contributed by atoms with E-state index in [1.807, 2.05) is 0 Å². The quantitative estimate of drug-likeness (QED) is 0.701. The molecule has 2 saturated heterocycles. The van der Waals surface area contributed by atoms with Crippen LogP contribution in [0, 0.1) is 5.92 Å². The van der Waals surface area contributed by atoms with E-state index in [9.17, 15) is 4.79 Å². The number of carbonyl (C=O) groups excluding carboxylic acids is 1. The van der Waals surface area contributed by atoms with Gasteiger partial charge in [-0.1, -0.05) is 0 Å². The van der Waals surface area contributed by atoms with Crippen LogP contribution in [-0.2, 0) is 9.53 Å². The zero-order valence-corrected chi connectivity index (χ0v) is 10.1. The maximum Gasteiger partial charge on any atom is 0.310 e. The van der Waals surface area contributed by atoms with Gasteiger partial charge in [-0.3, -0.25) is 4.79 Å². The largest absolute Gasteiger partial charge is 0.462 e. The van der Waals surface area contributed by atoms with Gasteiger partial charge < -0.3 is 15.0 Å². The van der Waals surface area contributed by atoms with E-state index in [1.165, 1.54) is 0 Å². The van der Waals surface area contributed by atoms with Crippen molar-refractivity contribution in [1.82, 2.24) is 10.2 Å². The third-order valence-corrected chi connectivity index (χ3v) is 3.58. The maximum absolute atomic E-state index is 11.9. The Morgan fingerprint density at radius 1 is 1.31 bits per heavy atom. The molecule has 2 fully saturated rings. The minimum Gasteiger partial charge on any atom is -0.462 e. The molecule has 1 atom stereocenters. The lowest BCUT2D eigenvalue weighted by atomic mass is 9.99.